The number of sulfone groups is 1. The predicted octanol–water partition coefficient (Wildman–Crippen LogP) is 3.96. The highest BCUT2D eigenvalue weighted by atomic mass is 32.2. The van der Waals surface area contributed by atoms with E-state index in [1.165, 1.54) is 35.3 Å². The molecule has 0 saturated carbocycles. The normalized spacial score (nSPS) is 11.7. The molecule has 0 aliphatic heterocycles. The second kappa shape index (κ2) is 6.17. The quantitative estimate of drug-likeness (QED) is 0.569. The minimum absolute atomic E-state index is 0.288. The molecule has 4 aromatic rings. The summed E-state index contributed by atoms with van der Waals surface area (Å²) in [6.45, 7) is 0. The topological polar surface area (TPSA) is 84.8 Å². The first-order valence-corrected chi connectivity index (χ1v) is 10.9. The molecule has 126 valence electrons. The van der Waals surface area contributed by atoms with Crippen LogP contribution in [0.5, 0.6) is 0 Å². The van der Waals surface area contributed by atoms with Crippen molar-refractivity contribution in [1.29, 1.82) is 0 Å². The van der Waals surface area contributed by atoms with Gasteiger partial charge in [-0.2, -0.15) is 0 Å². The van der Waals surface area contributed by atoms with Gasteiger partial charge in [0, 0.05) is 28.8 Å². The number of anilines is 2. The highest BCUT2D eigenvalue weighted by Crippen LogP contribution is 2.38. The van der Waals surface area contributed by atoms with E-state index in [9.17, 15) is 8.42 Å². The molecule has 0 saturated heterocycles. The molecule has 0 spiro atoms. The SMILES string of the molecule is CS(=O)(=O)c1cccc(-c2csc3ncnc(Nc4nccs4)c23)c1. The predicted molar refractivity (Wildman–Crippen MR) is 101 cm³/mol. The van der Waals surface area contributed by atoms with Crippen LogP contribution in [0.3, 0.4) is 0 Å². The Morgan fingerprint density at radius 1 is 1.12 bits per heavy atom. The van der Waals surface area contributed by atoms with Gasteiger partial charge in [0.25, 0.3) is 0 Å². The van der Waals surface area contributed by atoms with E-state index in [-0.39, 0.29) is 4.90 Å². The Kier molecular flexibility index (Phi) is 3.98. The van der Waals surface area contributed by atoms with Gasteiger partial charge in [-0.15, -0.1) is 22.7 Å². The van der Waals surface area contributed by atoms with Gasteiger partial charge < -0.3 is 5.32 Å². The molecule has 0 radical (unpaired) electrons. The summed E-state index contributed by atoms with van der Waals surface area (Å²) in [5.74, 6) is 0.654. The monoisotopic (exact) mass is 388 g/mol. The van der Waals surface area contributed by atoms with Crippen LogP contribution in [0.25, 0.3) is 21.3 Å². The first-order chi connectivity index (χ1) is 12.0. The molecule has 9 heteroatoms. The van der Waals surface area contributed by atoms with Gasteiger partial charge in [-0.25, -0.2) is 23.4 Å². The van der Waals surface area contributed by atoms with E-state index >= 15 is 0 Å². The van der Waals surface area contributed by atoms with Crippen molar-refractivity contribution >= 4 is 53.7 Å². The number of hydrogen-bond acceptors (Lipinski definition) is 8. The van der Waals surface area contributed by atoms with Crippen LogP contribution in [-0.4, -0.2) is 29.6 Å². The lowest BCUT2D eigenvalue weighted by Gasteiger charge is -2.07. The third-order valence-electron chi connectivity index (χ3n) is 3.60. The summed E-state index contributed by atoms with van der Waals surface area (Å²) < 4.78 is 23.7. The lowest BCUT2D eigenvalue weighted by Crippen LogP contribution is -1.97. The number of thiophene rings is 1. The van der Waals surface area contributed by atoms with Crippen LogP contribution < -0.4 is 5.32 Å². The van der Waals surface area contributed by atoms with E-state index in [0.717, 1.165) is 26.5 Å². The number of nitrogens with zero attached hydrogens (tertiary/aromatic N) is 3. The van der Waals surface area contributed by atoms with Crippen LogP contribution in [0.15, 0.2) is 52.4 Å². The van der Waals surface area contributed by atoms with Crippen LogP contribution in [0.4, 0.5) is 10.9 Å². The summed E-state index contributed by atoms with van der Waals surface area (Å²) in [4.78, 5) is 14.0. The minimum atomic E-state index is -3.27. The molecule has 0 atom stereocenters. The fraction of sp³-hybridized carbons (Fsp3) is 0.0625. The molecular formula is C16H12N4O2S3. The third kappa shape index (κ3) is 3.13. The average molecular weight is 388 g/mol. The maximum Gasteiger partial charge on any atom is 0.188 e. The lowest BCUT2D eigenvalue weighted by molar-refractivity contribution is 0.602. The van der Waals surface area contributed by atoms with Crippen LogP contribution in [0.1, 0.15) is 0 Å². The molecule has 0 fully saturated rings. The van der Waals surface area contributed by atoms with Crippen molar-refractivity contribution in [2.24, 2.45) is 0 Å². The molecule has 0 aliphatic carbocycles. The Balaban J connectivity index is 1.89. The summed E-state index contributed by atoms with van der Waals surface area (Å²) >= 11 is 2.97. The molecule has 0 aliphatic rings. The summed E-state index contributed by atoms with van der Waals surface area (Å²) in [5.41, 5.74) is 1.70. The zero-order valence-electron chi connectivity index (χ0n) is 13.0. The summed E-state index contributed by atoms with van der Waals surface area (Å²) in [5, 5.41) is 8.65. The van der Waals surface area contributed by atoms with Crippen LogP contribution in [0.2, 0.25) is 0 Å². The molecule has 0 unspecified atom stereocenters. The Hall–Kier alpha value is -2.36. The van der Waals surface area contributed by atoms with E-state index in [0.29, 0.717) is 5.82 Å². The van der Waals surface area contributed by atoms with Crippen molar-refractivity contribution in [3.8, 4) is 11.1 Å². The van der Waals surface area contributed by atoms with Crippen molar-refractivity contribution in [3.63, 3.8) is 0 Å². The molecule has 3 aromatic heterocycles. The summed E-state index contributed by atoms with van der Waals surface area (Å²) in [6.07, 6.45) is 4.43. The summed E-state index contributed by atoms with van der Waals surface area (Å²) in [6, 6.07) is 6.90. The van der Waals surface area contributed by atoms with Crippen molar-refractivity contribution in [1.82, 2.24) is 15.0 Å². The highest BCUT2D eigenvalue weighted by Gasteiger charge is 2.15. The van der Waals surface area contributed by atoms with Gasteiger partial charge in [0.1, 0.15) is 17.0 Å². The molecule has 6 nitrogen and oxygen atoms in total. The van der Waals surface area contributed by atoms with Gasteiger partial charge in [-0.1, -0.05) is 12.1 Å². The van der Waals surface area contributed by atoms with Crippen LogP contribution >= 0.6 is 22.7 Å². The number of hydrogen-bond donors (Lipinski definition) is 1. The first-order valence-electron chi connectivity index (χ1n) is 7.21. The van der Waals surface area contributed by atoms with E-state index in [4.69, 9.17) is 0 Å². The van der Waals surface area contributed by atoms with Crippen molar-refractivity contribution in [2.75, 3.05) is 11.6 Å². The second-order valence-electron chi connectivity index (χ2n) is 5.31. The molecule has 1 aromatic carbocycles. The number of thiazole rings is 1. The zero-order chi connectivity index (χ0) is 17.4. The second-order valence-corrected chi connectivity index (χ2v) is 9.08. The maximum absolute atomic E-state index is 11.9. The lowest BCUT2D eigenvalue weighted by atomic mass is 10.1. The standard InChI is InChI=1S/C16H12N4O2S3/c1-25(21,22)11-4-2-3-10(7-11)12-8-24-15-13(12)14(18-9-19-15)20-16-17-5-6-23-16/h2-9H,1H3,(H,17,18,19,20). The van der Waals surface area contributed by atoms with E-state index in [1.54, 1.807) is 24.4 Å². The van der Waals surface area contributed by atoms with Gasteiger partial charge in [0.15, 0.2) is 15.0 Å². The van der Waals surface area contributed by atoms with Crippen LogP contribution in [-0.2, 0) is 9.84 Å². The molecule has 25 heavy (non-hydrogen) atoms. The molecular weight excluding hydrogens is 376 g/mol. The van der Waals surface area contributed by atoms with Gasteiger partial charge in [0.05, 0.1) is 10.3 Å². The molecule has 3 heterocycles. The van der Waals surface area contributed by atoms with Gasteiger partial charge in [-0.3, -0.25) is 0 Å². The Morgan fingerprint density at radius 2 is 2.00 bits per heavy atom. The fourth-order valence-electron chi connectivity index (χ4n) is 2.46. The van der Waals surface area contributed by atoms with Crippen molar-refractivity contribution < 1.29 is 8.42 Å². The minimum Gasteiger partial charge on any atom is -0.316 e. The number of nitrogens with one attached hydrogen (secondary N) is 1. The first kappa shape index (κ1) is 16.1. The largest absolute Gasteiger partial charge is 0.316 e. The van der Waals surface area contributed by atoms with Gasteiger partial charge >= 0.3 is 0 Å². The number of aromatic nitrogens is 3. The van der Waals surface area contributed by atoms with E-state index in [1.807, 2.05) is 16.8 Å². The maximum atomic E-state index is 11.9. The molecule has 1 N–H and O–H groups in total. The smallest absolute Gasteiger partial charge is 0.188 e. The Morgan fingerprint density at radius 3 is 2.76 bits per heavy atom. The van der Waals surface area contributed by atoms with Gasteiger partial charge in [-0.05, 0) is 17.7 Å². The number of fused-ring (bicyclic) bond motifs is 1. The van der Waals surface area contributed by atoms with Crippen molar-refractivity contribution in [3.05, 3.63) is 47.5 Å². The number of rotatable bonds is 4. The average Bonchev–Trinajstić information content (AvgIpc) is 3.24. The van der Waals surface area contributed by atoms with E-state index < -0.39 is 9.84 Å². The Labute approximate surface area is 152 Å². The molecule has 0 bridgehead atoms. The Bertz CT molecular complexity index is 1150. The third-order valence-corrected chi connectivity index (χ3v) is 6.29. The molecule has 0 amide bonds. The molecule has 4 rings (SSSR count). The van der Waals surface area contributed by atoms with Crippen molar-refractivity contribution in [2.45, 2.75) is 4.90 Å². The van der Waals surface area contributed by atoms with Crippen LogP contribution in [0, 0.1) is 0 Å². The number of benzene rings is 1. The zero-order valence-corrected chi connectivity index (χ0v) is 15.5. The highest BCUT2D eigenvalue weighted by molar-refractivity contribution is 7.90. The van der Waals surface area contributed by atoms with E-state index in [2.05, 4.69) is 20.3 Å². The summed E-state index contributed by atoms with van der Waals surface area (Å²) in [7, 11) is -3.27. The van der Waals surface area contributed by atoms with Gasteiger partial charge in [0.2, 0.25) is 0 Å². The fourth-order valence-corrected chi connectivity index (χ4v) is 4.57.